The van der Waals surface area contributed by atoms with Crippen LogP contribution in [0, 0.1) is 5.92 Å². The van der Waals surface area contributed by atoms with Gasteiger partial charge in [0.25, 0.3) is 0 Å². The van der Waals surface area contributed by atoms with Gasteiger partial charge < -0.3 is 9.47 Å². The standard InChI is InChI=1S/C14H20O2S/c1-3-7-15-12-5-4-6-13(9-12)17-14-8-11(2)10-16-14/h4-6,9,11,14H,3,7-8,10H2,1-2H3/t11-,14?/m1/s1. The van der Waals surface area contributed by atoms with Gasteiger partial charge in [-0.2, -0.15) is 0 Å². The number of benzene rings is 1. The number of ether oxygens (including phenoxy) is 2. The zero-order valence-corrected chi connectivity index (χ0v) is 11.3. The van der Waals surface area contributed by atoms with Gasteiger partial charge in [-0.1, -0.05) is 31.7 Å². The number of rotatable bonds is 5. The molecule has 94 valence electrons. The van der Waals surface area contributed by atoms with E-state index in [1.165, 1.54) is 4.90 Å². The quantitative estimate of drug-likeness (QED) is 0.790. The molecule has 0 aromatic heterocycles. The first-order valence-electron chi connectivity index (χ1n) is 6.29. The van der Waals surface area contributed by atoms with Crippen LogP contribution < -0.4 is 4.74 Å². The molecule has 0 aliphatic carbocycles. The van der Waals surface area contributed by atoms with Gasteiger partial charge in [-0.05, 0) is 37.0 Å². The Hall–Kier alpha value is -0.670. The van der Waals surface area contributed by atoms with Crippen LogP contribution in [0.15, 0.2) is 29.2 Å². The van der Waals surface area contributed by atoms with Gasteiger partial charge in [0.15, 0.2) is 0 Å². The molecule has 1 unspecified atom stereocenters. The lowest BCUT2D eigenvalue weighted by atomic mass is 10.2. The third kappa shape index (κ3) is 3.93. The Morgan fingerprint density at radius 3 is 3.06 bits per heavy atom. The molecule has 17 heavy (non-hydrogen) atoms. The van der Waals surface area contributed by atoms with E-state index in [0.717, 1.165) is 31.8 Å². The molecule has 0 spiro atoms. The van der Waals surface area contributed by atoms with Gasteiger partial charge in [0, 0.05) is 4.90 Å². The number of hydrogen-bond donors (Lipinski definition) is 0. The molecular formula is C14H20O2S. The van der Waals surface area contributed by atoms with Crippen molar-refractivity contribution >= 4 is 11.8 Å². The maximum atomic E-state index is 5.71. The molecule has 0 saturated carbocycles. The fourth-order valence-electron chi connectivity index (χ4n) is 1.83. The molecule has 3 heteroatoms. The van der Waals surface area contributed by atoms with Crippen LogP contribution in [0.2, 0.25) is 0 Å². The van der Waals surface area contributed by atoms with E-state index in [2.05, 4.69) is 26.0 Å². The van der Waals surface area contributed by atoms with Crippen molar-refractivity contribution in [2.45, 2.75) is 37.0 Å². The summed E-state index contributed by atoms with van der Waals surface area (Å²) in [4.78, 5) is 1.23. The first-order valence-corrected chi connectivity index (χ1v) is 7.17. The lowest BCUT2D eigenvalue weighted by Crippen LogP contribution is -1.98. The van der Waals surface area contributed by atoms with Crippen LogP contribution >= 0.6 is 11.8 Å². The van der Waals surface area contributed by atoms with E-state index in [1.54, 1.807) is 11.8 Å². The Morgan fingerprint density at radius 1 is 1.47 bits per heavy atom. The largest absolute Gasteiger partial charge is 0.494 e. The van der Waals surface area contributed by atoms with Crippen molar-refractivity contribution in [1.82, 2.24) is 0 Å². The fourth-order valence-corrected chi connectivity index (χ4v) is 3.04. The number of thioether (sulfide) groups is 1. The third-order valence-electron chi connectivity index (χ3n) is 2.71. The molecule has 1 aromatic rings. The smallest absolute Gasteiger partial charge is 0.120 e. The molecule has 0 bridgehead atoms. The van der Waals surface area contributed by atoms with Crippen molar-refractivity contribution in [2.24, 2.45) is 5.92 Å². The van der Waals surface area contributed by atoms with E-state index >= 15 is 0 Å². The van der Waals surface area contributed by atoms with Crippen LogP contribution in [0.1, 0.15) is 26.7 Å². The summed E-state index contributed by atoms with van der Waals surface area (Å²) in [6.07, 6.45) is 2.19. The zero-order chi connectivity index (χ0) is 12.1. The lowest BCUT2D eigenvalue weighted by Gasteiger charge is -2.10. The molecule has 2 rings (SSSR count). The zero-order valence-electron chi connectivity index (χ0n) is 10.5. The summed E-state index contributed by atoms with van der Waals surface area (Å²) in [6.45, 7) is 6.03. The minimum atomic E-state index is 0.312. The monoisotopic (exact) mass is 252 g/mol. The summed E-state index contributed by atoms with van der Waals surface area (Å²) in [5, 5.41) is 0. The molecule has 1 aliphatic heterocycles. The minimum absolute atomic E-state index is 0.312. The second-order valence-electron chi connectivity index (χ2n) is 4.54. The van der Waals surface area contributed by atoms with Gasteiger partial charge in [0.1, 0.15) is 11.2 Å². The maximum absolute atomic E-state index is 5.71. The molecule has 2 nitrogen and oxygen atoms in total. The van der Waals surface area contributed by atoms with Crippen LogP contribution in [0.25, 0.3) is 0 Å². The second kappa shape index (κ2) is 6.31. The van der Waals surface area contributed by atoms with Crippen LogP contribution in [-0.4, -0.2) is 18.6 Å². The molecule has 2 atom stereocenters. The summed E-state index contributed by atoms with van der Waals surface area (Å²) in [5.41, 5.74) is 0.312. The molecule has 0 N–H and O–H groups in total. The summed E-state index contributed by atoms with van der Waals surface area (Å²) >= 11 is 1.80. The molecule has 1 aliphatic rings. The van der Waals surface area contributed by atoms with Gasteiger partial charge >= 0.3 is 0 Å². The molecule has 0 radical (unpaired) electrons. The van der Waals surface area contributed by atoms with Crippen LogP contribution in [0.5, 0.6) is 5.75 Å². The van der Waals surface area contributed by atoms with Crippen LogP contribution in [0.4, 0.5) is 0 Å². The first kappa shape index (κ1) is 12.8. The average molecular weight is 252 g/mol. The third-order valence-corrected chi connectivity index (χ3v) is 3.82. The summed E-state index contributed by atoms with van der Waals surface area (Å²) in [6, 6.07) is 8.28. The van der Waals surface area contributed by atoms with Crippen molar-refractivity contribution in [2.75, 3.05) is 13.2 Å². The second-order valence-corrected chi connectivity index (χ2v) is 5.78. The highest BCUT2D eigenvalue weighted by Gasteiger charge is 2.22. The van der Waals surface area contributed by atoms with Crippen molar-refractivity contribution in [3.63, 3.8) is 0 Å². The van der Waals surface area contributed by atoms with E-state index in [1.807, 2.05) is 12.1 Å². The van der Waals surface area contributed by atoms with Gasteiger partial charge in [-0.25, -0.2) is 0 Å². The molecule has 1 heterocycles. The summed E-state index contributed by atoms with van der Waals surface area (Å²) in [7, 11) is 0. The van der Waals surface area contributed by atoms with Gasteiger partial charge in [-0.15, -0.1) is 0 Å². The Morgan fingerprint density at radius 2 is 2.35 bits per heavy atom. The molecule has 1 aromatic carbocycles. The van der Waals surface area contributed by atoms with Crippen molar-refractivity contribution < 1.29 is 9.47 Å². The topological polar surface area (TPSA) is 18.5 Å². The molecular weight excluding hydrogens is 232 g/mol. The highest BCUT2D eigenvalue weighted by atomic mass is 32.2. The highest BCUT2D eigenvalue weighted by Crippen LogP contribution is 2.34. The Kier molecular flexibility index (Phi) is 4.75. The Balaban J connectivity index is 1.91. The molecule has 1 fully saturated rings. The normalized spacial score (nSPS) is 23.9. The number of hydrogen-bond acceptors (Lipinski definition) is 3. The predicted molar refractivity (Wildman–Crippen MR) is 71.6 cm³/mol. The Labute approximate surface area is 108 Å². The van der Waals surface area contributed by atoms with E-state index in [4.69, 9.17) is 9.47 Å². The Bertz CT molecular complexity index is 354. The minimum Gasteiger partial charge on any atom is -0.494 e. The van der Waals surface area contributed by atoms with Crippen molar-refractivity contribution in [1.29, 1.82) is 0 Å². The van der Waals surface area contributed by atoms with E-state index in [9.17, 15) is 0 Å². The van der Waals surface area contributed by atoms with E-state index in [-0.39, 0.29) is 0 Å². The van der Waals surface area contributed by atoms with Crippen LogP contribution in [-0.2, 0) is 4.74 Å². The van der Waals surface area contributed by atoms with Gasteiger partial charge in [0.05, 0.1) is 13.2 Å². The summed E-state index contributed by atoms with van der Waals surface area (Å²) in [5.74, 6) is 1.65. The predicted octanol–water partition coefficient (Wildman–Crippen LogP) is 3.95. The van der Waals surface area contributed by atoms with Crippen molar-refractivity contribution in [3.8, 4) is 5.75 Å². The van der Waals surface area contributed by atoms with Crippen LogP contribution in [0.3, 0.4) is 0 Å². The highest BCUT2D eigenvalue weighted by molar-refractivity contribution is 7.99. The summed E-state index contributed by atoms with van der Waals surface area (Å²) < 4.78 is 11.3. The van der Waals surface area contributed by atoms with E-state index < -0.39 is 0 Å². The van der Waals surface area contributed by atoms with Gasteiger partial charge in [0.2, 0.25) is 0 Å². The van der Waals surface area contributed by atoms with Gasteiger partial charge in [-0.3, -0.25) is 0 Å². The first-order chi connectivity index (χ1) is 8.28. The van der Waals surface area contributed by atoms with E-state index in [0.29, 0.717) is 11.4 Å². The fraction of sp³-hybridized carbons (Fsp3) is 0.571. The van der Waals surface area contributed by atoms with Crippen molar-refractivity contribution in [3.05, 3.63) is 24.3 Å². The average Bonchev–Trinajstić information content (AvgIpc) is 2.73. The maximum Gasteiger partial charge on any atom is 0.120 e. The molecule has 1 saturated heterocycles. The molecule has 0 amide bonds. The SMILES string of the molecule is CCCOc1cccc(SC2C[C@@H](C)CO2)c1. The lowest BCUT2D eigenvalue weighted by molar-refractivity contribution is 0.166.